The highest BCUT2D eigenvalue weighted by Gasteiger charge is 2.43. The maximum absolute atomic E-state index is 13.4. The molecule has 132 valence electrons. The molecule has 4 rings (SSSR count). The van der Waals surface area contributed by atoms with Crippen molar-refractivity contribution in [3.8, 4) is 0 Å². The van der Waals surface area contributed by atoms with E-state index < -0.39 is 0 Å². The first kappa shape index (κ1) is 16.8. The average Bonchev–Trinajstić information content (AvgIpc) is 3.32. The van der Waals surface area contributed by atoms with Crippen LogP contribution in [0.1, 0.15) is 48.2 Å². The molecule has 0 aliphatic heterocycles. The minimum Gasteiger partial charge on any atom is -0.333 e. The van der Waals surface area contributed by atoms with E-state index in [4.69, 9.17) is 0 Å². The van der Waals surface area contributed by atoms with Crippen LogP contribution in [-0.2, 0) is 17.9 Å². The van der Waals surface area contributed by atoms with Crippen LogP contribution in [0.3, 0.4) is 0 Å². The monoisotopic (exact) mass is 354 g/mol. The predicted octanol–water partition coefficient (Wildman–Crippen LogP) is 4.81. The minimum atomic E-state index is 0.240. The van der Waals surface area contributed by atoms with Crippen molar-refractivity contribution in [2.75, 3.05) is 0 Å². The Hall–Kier alpha value is -1.68. The first-order valence-corrected chi connectivity index (χ1v) is 10.3. The van der Waals surface area contributed by atoms with E-state index in [0.29, 0.717) is 24.9 Å². The third kappa shape index (κ3) is 3.50. The van der Waals surface area contributed by atoms with Gasteiger partial charge in [0.05, 0.1) is 17.7 Å². The number of aryl methyl sites for hydroxylation is 1. The summed E-state index contributed by atoms with van der Waals surface area (Å²) in [6.45, 7) is 3.43. The third-order valence-corrected chi connectivity index (χ3v) is 7.03. The van der Waals surface area contributed by atoms with Crippen LogP contribution in [-0.4, -0.2) is 15.8 Å². The van der Waals surface area contributed by atoms with Gasteiger partial charge < -0.3 is 4.90 Å². The SMILES string of the molecule is Cc1ncsc1CN(Cc1ccccc1)C(=O)[C@H]1CC[C@@H]2CCC[C@@H]21. The first-order valence-electron chi connectivity index (χ1n) is 9.44. The number of carbonyl (C=O) groups is 1. The van der Waals surface area contributed by atoms with Crippen LogP contribution in [0.15, 0.2) is 35.8 Å². The van der Waals surface area contributed by atoms with E-state index in [1.54, 1.807) is 11.3 Å². The lowest BCUT2D eigenvalue weighted by molar-refractivity contribution is -0.138. The maximum Gasteiger partial charge on any atom is 0.226 e. The molecule has 1 heterocycles. The molecular formula is C21H26N2OS. The Bertz CT molecular complexity index is 727. The van der Waals surface area contributed by atoms with Gasteiger partial charge in [-0.15, -0.1) is 11.3 Å². The first-order chi connectivity index (χ1) is 12.2. The molecule has 4 heteroatoms. The fourth-order valence-electron chi connectivity index (χ4n) is 4.77. The molecule has 3 atom stereocenters. The molecule has 0 N–H and O–H groups in total. The number of hydrogen-bond acceptors (Lipinski definition) is 3. The Morgan fingerprint density at radius 1 is 1.16 bits per heavy atom. The molecule has 0 unspecified atom stereocenters. The van der Waals surface area contributed by atoms with E-state index in [-0.39, 0.29) is 5.92 Å². The van der Waals surface area contributed by atoms with Gasteiger partial charge in [-0.2, -0.15) is 0 Å². The van der Waals surface area contributed by atoms with Crippen LogP contribution in [0.4, 0.5) is 0 Å². The molecule has 3 nitrogen and oxygen atoms in total. The number of amides is 1. The predicted molar refractivity (Wildman–Crippen MR) is 101 cm³/mol. The number of hydrogen-bond donors (Lipinski definition) is 0. The standard InChI is InChI=1S/C21H26N2OS/c1-15-20(25-14-22-15)13-23(12-16-6-3-2-4-7-16)21(24)19-11-10-17-8-5-9-18(17)19/h2-4,6-7,14,17-19H,5,8-13H2,1H3/t17-,18-,19-/m0/s1. The van der Waals surface area contributed by atoms with Crippen molar-refractivity contribution in [3.63, 3.8) is 0 Å². The largest absolute Gasteiger partial charge is 0.333 e. The summed E-state index contributed by atoms with van der Waals surface area (Å²) in [5.74, 6) is 2.04. The van der Waals surface area contributed by atoms with Gasteiger partial charge in [0, 0.05) is 17.3 Å². The summed E-state index contributed by atoms with van der Waals surface area (Å²) in [5.41, 5.74) is 4.15. The molecular weight excluding hydrogens is 328 g/mol. The van der Waals surface area contributed by atoms with Crippen molar-refractivity contribution in [1.29, 1.82) is 0 Å². The van der Waals surface area contributed by atoms with Gasteiger partial charge in [-0.05, 0) is 43.6 Å². The third-order valence-electron chi connectivity index (χ3n) is 6.11. The fourth-order valence-corrected chi connectivity index (χ4v) is 5.56. The Kier molecular flexibility index (Phi) is 4.89. The lowest BCUT2D eigenvalue weighted by Crippen LogP contribution is -2.37. The summed E-state index contributed by atoms with van der Waals surface area (Å²) in [7, 11) is 0. The van der Waals surface area contributed by atoms with E-state index >= 15 is 0 Å². The van der Waals surface area contributed by atoms with Crippen molar-refractivity contribution in [2.45, 2.75) is 52.1 Å². The molecule has 2 aliphatic rings. The molecule has 2 saturated carbocycles. The maximum atomic E-state index is 13.4. The van der Waals surface area contributed by atoms with Crippen molar-refractivity contribution in [1.82, 2.24) is 9.88 Å². The molecule has 2 fully saturated rings. The van der Waals surface area contributed by atoms with E-state index in [1.807, 2.05) is 18.5 Å². The quantitative estimate of drug-likeness (QED) is 0.772. The van der Waals surface area contributed by atoms with Crippen LogP contribution in [0.5, 0.6) is 0 Å². The van der Waals surface area contributed by atoms with Crippen LogP contribution < -0.4 is 0 Å². The van der Waals surface area contributed by atoms with Gasteiger partial charge >= 0.3 is 0 Å². The molecule has 1 aromatic heterocycles. The highest BCUT2D eigenvalue weighted by molar-refractivity contribution is 7.09. The zero-order valence-corrected chi connectivity index (χ0v) is 15.7. The molecule has 0 saturated heterocycles. The Balaban J connectivity index is 1.55. The fraction of sp³-hybridized carbons (Fsp3) is 0.524. The second-order valence-electron chi connectivity index (χ2n) is 7.58. The number of thiazole rings is 1. The lowest BCUT2D eigenvalue weighted by Gasteiger charge is -2.28. The lowest BCUT2D eigenvalue weighted by atomic mass is 9.91. The second kappa shape index (κ2) is 7.28. The summed E-state index contributed by atoms with van der Waals surface area (Å²) in [5, 5.41) is 0. The number of benzene rings is 1. The van der Waals surface area contributed by atoms with Crippen LogP contribution in [0.25, 0.3) is 0 Å². The summed E-state index contributed by atoms with van der Waals surface area (Å²) in [4.78, 5) is 21.1. The molecule has 1 aromatic carbocycles. The normalized spacial score (nSPS) is 25.1. The highest BCUT2D eigenvalue weighted by atomic mass is 32.1. The van der Waals surface area contributed by atoms with Crippen molar-refractivity contribution >= 4 is 17.2 Å². The minimum absolute atomic E-state index is 0.240. The van der Waals surface area contributed by atoms with Gasteiger partial charge in [0.1, 0.15) is 0 Å². The topological polar surface area (TPSA) is 33.2 Å². The van der Waals surface area contributed by atoms with Crippen molar-refractivity contribution < 1.29 is 4.79 Å². The summed E-state index contributed by atoms with van der Waals surface area (Å²) < 4.78 is 0. The van der Waals surface area contributed by atoms with Gasteiger partial charge in [-0.3, -0.25) is 4.79 Å². The highest BCUT2D eigenvalue weighted by Crippen LogP contribution is 2.48. The van der Waals surface area contributed by atoms with E-state index in [1.165, 1.54) is 36.1 Å². The number of carbonyl (C=O) groups excluding carboxylic acids is 1. The molecule has 0 radical (unpaired) electrons. The van der Waals surface area contributed by atoms with E-state index in [9.17, 15) is 4.79 Å². The van der Waals surface area contributed by atoms with Crippen LogP contribution >= 0.6 is 11.3 Å². The second-order valence-corrected chi connectivity index (χ2v) is 8.52. The Morgan fingerprint density at radius 3 is 2.76 bits per heavy atom. The molecule has 1 amide bonds. The Labute approximate surface area is 154 Å². The van der Waals surface area contributed by atoms with Gasteiger partial charge in [0.2, 0.25) is 5.91 Å². The molecule has 0 spiro atoms. The number of nitrogens with zero attached hydrogens (tertiary/aromatic N) is 2. The van der Waals surface area contributed by atoms with Gasteiger partial charge in [-0.25, -0.2) is 4.98 Å². The van der Waals surface area contributed by atoms with E-state index in [0.717, 1.165) is 18.0 Å². The molecule has 2 aliphatic carbocycles. The smallest absolute Gasteiger partial charge is 0.226 e. The van der Waals surface area contributed by atoms with Crippen LogP contribution in [0.2, 0.25) is 0 Å². The summed E-state index contributed by atoms with van der Waals surface area (Å²) in [6.07, 6.45) is 6.23. The van der Waals surface area contributed by atoms with E-state index in [2.05, 4.69) is 34.1 Å². The zero-order valence-electron chi connectivity index (χ0n) is 14.9. The number of fused-ring (bicyclic) bond motifs is 1. The average molecular weight is 355 g/mol. The molecule has 0 bridgehead atoms. The van der Waals surface area contributed by atoms with Crippen molar-refractivity contribution in [3.05, 3.63) is 52.0 Å². The zero-order chi connectivity index (χ0) is 17.2. The van der Waals surface area contributed by atoms with Crippen LogP contribution in [0, 0.1) is 24.7 Å². The Morgan fingerprint density at radius 2 is 2.00 bits per heavy atom. The number of rotatable bonds is 5. The number of aromatic nitrogens is 1. The molecule has 25 heavy (non-hydrogen) atoms. The summed E-state index contributed by atoms with van der Waals surface area (Å²) in [6, 6.07) is 10.4. The van der Waals surface area contributed by atoms with Crippen molar-refractivity contribution in [2.24, 2.45) is 17.8 Å². The van der Waals surface area contributed by atoms with Gasteiger partial charge in [0.15, 0.2) is 0 Å². The van der Waals surface area contributed by atoms with Gasteiger partial charge in [-0.1, -0.05) is 43.2 Å². The van der Waals surface area contributed by atoms with Gasteiger partial charge in [0.25, 0.3) is 0 Å². The summed E-state index contributed by atoms with van der Waals surface area (Å²) >= 11 is 1.66. The molecule has 2 aromatic rings.